The molecule has 20 heavy (non-hydrogen) atoms. The molecule has 0 saturated heterocycles. The average molecular weight is 279 g/mol. The summed E-state index contributed by atoms with van der Waals surface area (Å²) in [7, 11) is 3.07. The highest BCUT2D eigenvalue weighted by molar-refractivity contribution is 5.83. The zero-order valence-corrected chi connectivity index (χ0v) is 12.8. The third-order valence-electron chi connectivity index (χ3n) is 3.96. The van der Waals surface area contributed by atoms with Crippen molar-refractivity contribution in [2.24, 2.45) is 5.73 Å². The molecule has 0 aromatic heterocycles. The van der Waals surface area contributed by atoms with Crippen molar-refractivity contribution in [3.63, 3.8) is 0 Å². The lowest BCUT2D eigenvalue weighted by Crippen LogP contribution is -2.45. The lowest BCUT2D eigenvalue weighted by atomic mass is 9.75. The molecule has 1 atom stereocenters. The van der Waals surface area contributed by atoms with E-state index in [9.17, 15) is 4.79 Å². The molecule has 0 spiro atoms. The summed E-state index contributed by atoms with van der Waals surface area (Å²) in [5.74, 6) is -0.293. The van der Waals surface area contributed by atoms with Gasteiger partial charge in [0.1, 0.15) is 5.41 Å². The lowest BCUT2D eigenvalue weighted by molar-refractivity contribution is -0.148. The Balaban J connectivity index is 3.11. The summed E-state index contributed by atoms with van der Waals surface area (Å²) >= 11 is 0. The Labute approximate surface area is 121 Å². The first-order valence-electron chi connectivity index (χ1n) is 6.81. The summed E-state index contributed by atoms with van der Waals surface area (Å²) in [5, 5.41) is 0. The molecule has 1 rings (SSSR count). The monoisotopic (exact) mass is 279 g/mol. The van der Waals surface area contributed by atoms with Crippen LogP contribution in [0, 0.1) is 0 Å². The van der Waals surface area contributed by atoms with E-state index in [1.807, 2.05) is 44.2 Å². The topological polar surface area (TPSA) is 61.5 Å². The molecule has 0 fully saturated rings. The molecular weight excluding hydrogens is 254 g/mol. The fourth-order valence-corrected chi connectivity index (χ4v) is 2.24. The van der Waals surface area contributed by atoms with E-state index < -0.39 is 5.41 Å². The highest BCUT2D eigenvalue weighted by Gasteiger charge is 2.41. The molecule has 2 N–H and O–H groups in total. The van der Waals surface area contributed by atoms with E-state index in [-0.39, 0.29) is 18.1 Å². The third kappa shape index (κ3) is 3.58. The number of rotatable bonds is 7. The predicted octanol–water partition coefficient (Wildman–Crippen LogP) is 2.26. The molecule has 0 amide bonds. The van der Waals surface area contributed by atoms with Gasteiger partial charge in [0.15, 0.2) is 0 Å². The van der Waals surface area contributed by atoms with Gasteiger partial charge in [-0.05, 0) is 32.3 Å². The standard InChI is InChI=1S/C16H25NO3/c1-15(2,20-4)10-11-16(12-17,14(18)19-3)13-8-6-5-7-9-13/h5-9H,10-12,17H2,1-4H3. The third-order valence-corrected chi connectivity index (χ3v) is 3.96. The molecule has 4 heteroatoms. The molecule has 0 aliphatic heterocycles. The van der Waals surface area contributed by atoms with Gasteiger partial charge in [0.2, 0.25) is 0 Å². The van der Waals surface area contributed by atoms with Gasteiger partial charge in [0, 0.05) is 13.7 Å². The van der Waals surface area contributed by atoms with Gasteiger partial charge in [-0.15, -0.1) is 0 Å². The number of nitrogens with two attached hydrogens (primary N) is 1. The van der Waals surface area contributed by atoms with Gasteiger partial charge in [-0.25, -0.2) is 0 Å². The van der Waals surface area contributed by atoms with Crippen molar-refractivity contribution in [2.75, 3.05) is 20.8 Å². The van der Waals surface area contributed by atoms with Crippen LogP contribution in [-0.4, -0.2) is 32.3 Å². The van der Waals surface area contributed by atoms with Crippen LogP contribution >= 0.6 is 0 Å². The first-order chi connectivity index (χ1) is 9.41. The molecule has 1 unspecified atom stereocenters. The highest BCUT2D eigenvalue weighted by atomic mass is 16.5. The summed E-state index contributed by atoms with van der Waals surface area (Å²) in [6.45, 7) is 4.20. The van der Waals surface area contributed by atoms with E-state index in [1.54, 1.807) is 7.11 Å². The summed E-state index contributed by atoms with van der Waals surface area (Å²) in [6.07, 6.45) is 1.30. The minimum Gasteiger partial charge on any atom is -0.468 e. The first kappa shape index (κ1) is 16.7. The number of esters is 1. The number of ether oxygens (including phenoxy) is 2. The number of carbonyl (C=O) groups is 1. The Kier molecular flexibility index (Phi) is 5.72. The van der Waals surface area contributed by atoms with Crippen molar-refractivity contribution < 1.29 is 14.3 Å². The zero-order valence-electron chi connectivity index (χ0n) is 12.8. The fraction of sp³-hybridized carbons (Fsp3) is 0.562. The minimum atomic E-state index is -0.814. The maximum Gasteiger partial charge on any atom is 0.317 e. The normalized spacial score (nSPS) is 14.7. The van der Waals surface area contributed by atoms with Crippen LogP contribution in [0.15, 0.2) is 30.3 Å². The van der Waals surface area contributed by atoms with Crippen LogP contribution in [0.3, 0.4) is 0 Å². The van der Waals surface area contributed by atoms with Crippen molar-refractivity contribution in [1.82, 2.24) is 0 Å². The molecular formula is C16H25NO3. The summed E-state index contributed by atoms with van der Waals surface area (Å²) in [4.78, 5) is 12.3. The van der Waals surface area contributed by atoms with E-state index in [0.29, 0.717) is 12.8 Å². The number of methoxy groups -OCH3 is 2. The molecule has 1 aromatic carbocycles. The van der Waals surface area contributed by atoms with Crippen molar-refractivity contribution in [1.29, 1.82) is 0 Å². The zero-order chi connectivity index (χ0) is 15.2. The van der Waals surface area contributed by atoms with Gasteiger partial charge < -0.3 is 15.2 Å². The summed E-state index contributed by atoms with van der Waals surface area (Å²) in [6, 6.07) is 9.57. The molecule has 0 aliphatic rings. The van der Waals surface area contributed by atoms with Crippen molar-refractivity contribution in [2.45, 2.75) is 37.7 Å². The van der Waals surface area contributed by atoms with E-state index in [4.69, 9.17) is 15.2 Å². The van der Waals surface area contributed by atoms with E-state index >= 15 is 0 Å². The van der Waals surface area contributed by atoms with Crippen LogP contribution < -0.4 is 5.73 Å². The van der Waals surface area contributed by atoms with E-state index in [1.165, 1.54) is 7.11 Å². The molecule has 0 aliphatic carbocycles. The van der Waals surface area contributed by atoms with Crippen molar-refractivity contribution in [3.05, 3.63) is 35.9 Å². The highest BCUT2D eigenvalue weighted by Crippen LogP contribution is 2.33. The van der Waals surface area contributed by atoms with Gasteiger partial charge in [-0.2, -0.15) is 0 Å². The minimum absolute atomic E-state index is 0.212. The first-order valence-corrected chi connectivity index (χ1v) is 6.81. The predicted molar refractivity (Wildman–Crippen MR) is 79.5 cm³/mol. The van der Waals surface area contributed by atoms with Gasteiger partial charge in [0.25, 0.3) is 0 Å². The Morgan fingerprint density at radius 2 is 1.75 bits per heavy atom. The molecule has 0 radical (unpaired) electrons. The number of carbonyl (C=O) groups excluding carboxylic acids is 1. The molecule has 4 nitrogen and oxygen atoms in total. The quantitative estimate of drug-likeness (QED) is 0.778. The number of hydrogen-bond donors (Lipinski definition) is 1. The van der Waals surface area contributed by atoms with Gasteiger partial charge in [-0.3, -0.25) is 4.79 Å². The molecule has 0 heterocycles. The van der Waals surface area contributed by atoms with Crippen LogP contribution in [0.2, 0.25) is 0 Å². The second kappa shape index (κ2) is 6.86. The second-order valence-electron chi connectivity index (χ2n) is 5.61. The Bertz CT molecular complexity index is 431. The largest absolute Gasteiger partial charge is 0.468 e. The molecule has 0 bridgehead atoms. The van der Waals surface area contributed by atoms with Crippen LogP contribution in [0.1, 0.15) is 32.3 Å². The van der Waals surface area contributed by atoms with Crippen LogP contribution in [-0.2, 0) is 19.7 Å². The summed E-state index contributed by atoms with van der Waals surface area (Å²) < 4.78 is 10.4. The van der Waals surface area contributed by atoms with Crippen LogP contribution in [0.5, 0.6) is 0 Å². The molecule has 0 saturated carbocycles. The lowest BCUT2D eigenvalue weighted by Gasteiger charge is -2.33. The Hall–Kier alpha value is -1.39. The number of hydrogen-bond acceptors (Lipinski definition) is 4. The molecule has 1 aromatic rings. The average Bonchev–Trinajstić information content (AvgIpc) is 2.49. The van der Waals surface area contributed by atoms with E-state index in [2.05, 4.69) is 0 Å². The van der Waals surface area contributed by atoms with Gasteiger partial charge in [-0.1, -0.05) is 30.3 Å². The smallest absolute Gasteiger partial charge is 0.317 e. The van der Waals surface area contributed by atoms with Crippen molar-refractivity contribution in [3.8, 4) is 0 Å². The van der Waals surface area contributed by atoms with Gasteiger partial charge >= 0.3 is 5.97 Å². The Morgan fingerprint density at radius 3 is 2.20 bits per heavy atom. The molecule has 112 valence electrons. The van der Waals surface area contributed by atoms with Gasteiger partial charge in [0.05, 0.1) is 12.7 Å². The maximum absolute atomic E-state index is 12.3. The fourth-order valence-electron chi connectivity index (χ4n) is 2.24. The van der Waals surface area contributed by atoms with Crippen LogP contribution in [0.4, 0.5) is 0 Å². The maximum atomic E-state index is 12.3. The second-order valence-corrected chi connectivity index (χ2v) is 5.61. The van der Waals surface area contributed by atoms with Crippen LogP contribution in [0.25, 0.3) is 0 Å². The number of benzene rings is 1. The van der Waals surface area contributed by atoms with E-state index in [0.717, 1.165) is 5.56 Å². The Morgan fingerprint density at radius 1 is 1.15 bits per heavy atom. The SMILES string of the molecule is COC(=O)C(CN)(CCC(C)(C)OC)c1ccccc1. The summed E-state index contributed by atoms with van der Waals surface area (Å²) in [5.41, 5.74) is 5.72. The van der Waals surface area contributed by atoms with Crippen molar-refractivity contribution >= 4 is 5.97 Å².